The van der Waals surface area contributed by atoms with E-state index in [1.807, 2.05) is 0 Å². The van der Waals surface area contributed by atoms with Gasteiger partial charge in [-0.25, -0.2) is 27.0 Å². The molecule has 8 nitrogen and oxygen atoms in total. The maximum atomic E-state index is 14.1. The van der Waals surface area contributed by atoms with Crippen molar-refractivity contribution in [2.45, 2.75) is 11.3 Å². The van der Waals surface area contributed by atoms with Gasteiger partial charge in [0.2, 0.25) is 10.0 Å². The van der Waals surface area contributed by atoms with E-state index in [-0.39, 0.29) is 21.8 Å². The molecule has 11 heteroatoms. The Hall–Kier alpha value is -3.96. The minimum Gasteiger partial charge on any atom is -0.258 e. The van der Waals surface area contributed by atoms with E-state index in [1.54, 1.807) is 30.3 Å². The summed E-state index contributed by atoms with van der Waals surface area (Å²) < 4.78 is 52.8. The Bertz CT molecular complexity index is 1420. The van der Waals surface area contributed by atoms with E-state index < -0.39 is 27.1 Å². The van der Waals surface area contributed by atoms with Gasteiger partial charge in [0.25, 0.3) is 12.1 Å². The molecule has 4 rings (SSSR count). The summed E-state index contributed by atoms with van der Waals surface area (Å²) in [6.07, 6.45) is -2.94. The van der Waals surface area contributed by atoms with Gasteiger partial charge < -0.3 is 0 Å². The molecule has 0 spiro atoms. The number of hydrogen-bond donors (Lipinski definition) is 1. The average Bonchev–Trinajstić information content (AvgIpc) is 3.20. The number of non-ortho nitro benzene ring substituents is 1. The standard InChI is InChI=1S/C22H16F2N4O4S/c23-22(24)20-19(14-6-10-17(11-7-14)28(29)30)21(27(26-20)16-4-2-1-3-5-16)15-8-12-18(13-9-15)33(25,31)32/h1-13,22H,(H2,25,31,32). The van der Waals surface area contributed by atoms with Crippen molar-refractivity contribution in [1.29, 1.82) is 0 Å². The summed E-state index contributed by atoms with van der Waals surface area (Å²) >= 11 is 0. The van der Waals surface area contributed by atoms with Gasteiger partial charge in [-0.2, -0.15) is 5.10 Å². The zero-order valence-electron chi connectivity index (χ0n) is 16.8. The summed E-state index contributed by atoms with van der Waals surface area (Å²) in [4.78, 5) is 10.3. The molecule has 1 aromatic heterocycles. The first-order valence-electron chi connectivity index (χ1n) is 9.51. The predicted octanol–water partition coefficient (Wildman–Crippen LogP) is 4.70. The van der Waals surface area contributed by atoms with E-state index in [0.717, 1.165) is 0 Å². The number of aromatic nitrogens is 2. The first-order valence-corrected chi connectivity index (χ1v) is 11.1. The molecule has 0 atom stereocenters. The van der Waals surface area contributed by atoms with Crippen molar-refractivity contribution in [3.8, 4) is 28.1 Å². The van der Waals surface area contributed by atoms with Crippen LogP contribution in [0.5, 0.6) is 0 Å². The monoisotopic (exact) mass is 470 g/mol. The molecule has 0 saturated heterocycles. The first kappa shape index (κ1) is 22.2. The Morgan fingerprint density at radius 3 is 2.00 bits per heavy atom. The van der Waals surface area contributed by atoms with Crippen LogP contribution in [0, 0.1) is 10.1 Å². The highest BCUT2D eigenvalue weighted by Crippen LogP contribution is 2.41. The molecule has 0 radical (unpaired) electrons. The van der Waals surface area contributed by atoms with Crippen molar-refractivity contribution in [3.63, 3.8) is 0 Å². The van der Waals surface area contributed by atoms with Gasteiger partial charge >= 0.3 is 0 Å². The number of halogens is 2. The zero-order chi connectivity index (χ0) is 23.8. The normalized spacial score (nSPS) is 11.6. The molecule has 168 valence electrons. The zero-order valence-corrected chi connectivity index (χ0v) is 17.6. The summed E-state index contributed by atoms with van der Waals surface area (Å²) in [7, 11) is -3.95. The lowest BCUT2D eigenvalue weighted by Crippen LogP contribution is -2.11. The SMILES string of the molecule is NS(=O)(=O)c1ccc(-c2c(-c3ccc([N+](=O)[O-])cc3)c(C(F)F)nn2-c2ccccc2)cc1. The second kappa shape index (κ2) is 8.52. The van der Waals surface area contributed by atoms with Gasteiger partial charge in [-0.1, -0.05) is 30.3 Å². The highest BCUT2D eigenvalue weighted by Gasteiger charge is 2.27. The Kier molecular flexibility index (Phi) is 5.75. The van der Waals surface area contributed by atoms with Gasteiger partial charge in [-0.15, -0.1) is 0 Å². The molecule has 0 aliphatic heterocycles. The number of para-hydroxylation sites is 1. The number of nitrogens with two attached hydrogens (primary N) is 1. The van der Waals surface area contributed by atoms with Crippen molar-refractivity contribution < 1.29 is 22.1 Å². The molecule has 1 heterocycles. The van der Waals surface area contributed by atoms with Crippen LogP contribution in [0.15, 0.2) is 83.8 Å². The third-order valence-electron chi connectivity index (χ3n) is 4.94. The molecule has 0 aliphatic rings. The molecular weight excluding hydrogens is 454 g/mol. The van der Waals surface area contributed by atoms with Crippen LogP contribution >= 0.6 is 0 Å². The number of benzene rings is 3. The molecule has 3 aromatic carbocycles. The molecule has 4 aromatic rings. The fourth-order valence-corrected chi connectivity index (χ4v) is 3.96. The van der Waals surface area contributed by atoms with E-state index in [2.05, 4.69) is 5.10 Å². The van der Waals surface area contributed by atoms with Gasteiger partial charge in [-0.05, 0) is 42.0 Å². The van der Waals surface area contributed by atoms with Gasteiger partial charge in [0, 0.05) is 23.3 Å². The topological polar surface area (TPSA) is 121 Å². The van der Waals surface area contributed by atoms with Gasteiger partial charge in [0.15, 0.2) is 0 Å². The predicted molar refractivity (Wildman–Crippen MR) is 117 cm³/mol. The highest BCUT2D eigenvalue weighted by atomic mass is 32.2. The number of nitro benzene ring substituents is 1. The van der Waals surface area contributed by atoms with Crippen LogP contribution in [0.3, 0.4) is 0 Å². The van der Waals surface area contributed by atoms with Crippen molar-refractivity contribution in [2.75, 3.05) is 0 Å². The molecular formula is C22H16F2N4O4S. The van der Waals surface area contributed by atoms with Crippen LogP contribution in [0.2, 0.25) is 0 Å². The number of nitro groups is 1. The van der Waals surface area contributed by atoms with Crippen LogP contribution in [0.4, 0.5) is 14.5 Å². The maximum Gasteiger partial charge on any atom is 0.282 e. The molecule has 0 fully saturated rings. The molecule has 0 saturated carbocycles. The van der Waals surface area contributed by atoms with Crippen molar-refractivity contribution >= 4 is 15.7 Å². The van der Waals surface area contributed by atoms with Gasteiger partial charge in [0.1, 0.15) is 5.69 Å². The number of alkyl halides is 2. The Balaban J connectivity index is 2.02. The number of primary sulfonamides is 1. The van der Waals surface area contributed by atoms with E-state index in [0.29, 0.717) is 16.8 Å². The first-order chi connectivity index (χ1) is 15.7. The van der Waals surface area contributed by atoms with E-state index in [9.17, 15) is 27.3 Å². The van der Waals surface area contributed by atoms with Crippen LogP contribution in [0.25, 0.3) is 28.1 Å². The summed E-state index contributed by atoms with van der Waals surface area (Å²) in [6, 6.07) is 19.2. The Morgan fingerprint density at radius 2 is 1.48 bits per heavy atom. The van der Waals surface area contributed by atoms with Crippen LogP contribution in [-0.4, -0.2) is 23.1 Å². The average molecular weight is 470 g/mol. The molecule has 2 N–H and O–H groups in total. The largest absolute Gasteiger partial charge is 0.282 e. The number of hydrogen-bond acceptors (Lipinski definition) is 5. The Labute approximate surface area is 187 Å². The fourth-order valence-electron chi connectivity index (χ4n) is 3.45. The van der Waals surface area contributed by atoms with E-state index in [4.69, 9.17) is 5.14 Å². The van der Waals surface area contributed by atoms with E-state index in [1.165, 1.54) is 53.2 Å². The summed E-state index contributed by atoms with van der Waals surface area (Å²) in [5, 5.41) is 20.3. The third kappa shape index (κ3) is 4.36. The molecule has 0 aliphatic carbocycles. The van der Waals surface area contributed by atoms with Crippen molar-refractivity contribution in [1.82, 2.24) is 9.78 Å². The molecule has 0 amide bonds. The smallest absolute Gasteiger partial charge is 0.258 e. The van der Waals surface area contributed by atoms with Crippen molar-refractivity contribution in [3.05, 3.63) is 94.7 Å². The summed E-state index contributed by atoms with van der Waals surface area (Å²) in [5.41, 5.74) is 0.837. The number of sulfonamides is 1. The number of nitrogens with zero attached hydrogens (tertiary/aromatic N) is 3. The molecule has 33 heavy (non-hydrogen) atoms. The van der Waals surface area contributed by atoms with Crippen LogP contribution in [-0.2, 0) is 10.0 Å². The lowest BCUT2D eigenvalue weighted by Gasteiger charge is -2.11. The second-order valence-electron chi connectivity index (χ2n) is 7.03. The summed E-state index contributed by atoms with van der Waals surface area (Å²) in [6.45, 7) is 0. The van der Waals surface area contributed by atoms with E-state index >= 15 is 0 Å². The lowest BCUT2D eigenvalue weighted by molar-refractivity contribution is -0.384. The minimum atomic E-state index is -3.95. The molecule has 0 bridgehead atoms. The van der Waals surface area contributed by atoms with Gasteiger partial charge in [-0.3, -0.25) is 10.1 Å². The second-order valence-corrected chi connectivity index (χ2v) is 8.59. The minimum absolute atomic E-state index is 0.0760. The van der Waals surface area contributed by atoms with Crippen LogP contribution < -0.4 is 5.14 Å². The lowest BCUT2D eigenvalue weighted by atomic mass is 9.98. The fraction of sp³-hybridized carbons (Fsp3) is 0.0455. The maximum absolute atomic E-state index is 14.1. The Morgan fingerprint density at radius 1 is 0.909 bits per heavy atom. The van der Waals surface area contributed by atoms with Gasteiger partial charge in [0.05, 0.1) is 21.2 Å². The highest BCUT2D eigenvalue weighted by molar-refractivity contribution is 7.89. The summed E-state index contributed by atoms with van der Waals surface area (Å²) in [5.74, 6) is 0. The van der Waals surface area contributed by atoms with Crippen LogP contribution in [0.1, 0.15) is 12.1 Å². The van der Waals surface area contributed by atoms with Crippen molar-refractivity contribution in [2.24, 2.45) is 5.14 Å². The number of rotatable bonds is 6. The molecule has 0 unspecified atom stereocenters. The third-order valence-corrected chi connectivity index (χ3v) is 5.87. The quantitative estimate of drug-likeness (QED) is 0.323.